The van der Waals surface area contributed by atoms with Gasteiger partial charge in [-0.25, -0.2) is 9.79 Å². The number of carbonyl (C=O) groups excluding carboxylic acids is 1. The van der Waals surface area contributed by atoms with Gasteiger partial charge in [0, 0.05) is 6.42 Å². The van der Waals surface area contributed by atoms with Gasteiger partial charge in [0.1, 0.15) is 5.75 Å². The van der Waals surface area contributed by atoms with E-state index in [1.165, 1.54) is 30.0 Å². The van der Waals surface area contributed by atoms with Gasteiger partial charge in [-0.15, -0.1) is 0 Å². The fourth-order valence-corrected chi connectivity index (χ4v) is 3.83. The summed E-state index contributed by atoms with van der Waals surface area (Å²) in [5.74, 6) is -0.416. The molecule has 2 aliphatic heterocycles. The molecule has 1 amide bonds. The normalized spacial score (nSPS) is 18.5. The molecule has 2 aliphatic rings. The van der Waals surface area contributed by atoms with Gasteiger partial charge in [-0.1, -0.05) is 17.7 Å². The molecule has 0 atom stereocenters. The number of nitrogens with one attached hydrogen (secondary N) is 1. The van der Waals surface area contributed by atoms with Crippen LogP contribution >= 0.6 is 23.4 Å². The molecule has 0 saturated carbocycles. The van der Waals surface area contributed by atoms with Crippen molar-refractivity contribution in [1.29, 1.82) is 0 Å². The largest absolute Gasteiger partial charge is 0.493 e. The Morgan fingerprint density at radius 1 is 1.30 bits per heavy atom. The van der Waals surface area contributed by atoms with Crippen LogP contribution in [0.2, 0.25) is 5.02 Å². The van der Waals surface area contributed by atoms with E-state index in [-0.39, 0.29) is 16.5 Å². The van der Waals surface area contributed by atoms with Gasteiger partial charge in [-0.3, -0.25) is 4.79 Å². The summed E-state index contributed by atoms with van der Waals surface area (Å²) in [5, 5.41) is 12.3. The molecule has 27 heavy (non-hydrogen) atoms. The van der Waals surface area contributed by atoms with Crippen LogP contribution in [0.25, 0.3) is 6.08 Å². The molecule has 1 fully saturated rings. The Labute approximate surface area is 163 Å². The first kappa shape index (κ1) is 17.6. The molecule has 2 N–H and O–H groups in total. The number of nitrogens with zero attached hydrogens (tertiary/aromatic N) is 1. The Balaban J connectivity index is 1.57. The molecule has 6 nitrogen and oxygen atoms in total. The molecule has 2 heterocycles. The van der Waals surface area contributed by atoms with Gasteiger partial charge in [-0.05, 0) is 59.3 Å². The van der Waals surface area contributed by atoms with Gasteiger partial charge in [-0.2, -0.15) is 0 Å². The first-order chi connectivity index (χ1) is 13.0. The number of hydrogen-bond donors (Lipinski definition) is 2. The van der Waals surface area contributed by atoms with Crippen LogP contribution in [0.15, 0.2) is 46.3 Å². The van der Waals surface area contributed by atoms with E-state index in [0.717, 1.165) is 23.3 Å². The predicted octanol–water partition coefficient (Wildman–Crippen LogP) is 3.86. The highest BCUT2D eigenvalue weighted by Crippen LogP contribution is 2.32. The summed E-state index contributed by atoms with van der Waals surface area (Å²) in [5.41, 5.74) is 2.52. The number of ether oxygens (including phenoxy) is 1. The third kappa shape index (κ3) is 3.70. The third-order valence-corrected chi connectivity index (χ3v) is 5.29. The van der Waals surface area contributed by atoms with E-state index < -0.39 is 5.97 Å². The molecule has 2 aromatic rings. The number of amidine groups is 1. The van der Waals surface area contributed by atoms with Crippen LogP contribution in [0.5, 0.6) is 5.75 Å². The molecule has 0 radical (unpaired) electrons. The minimum atomic E-state index is -1.07. The van der Waals surface area contributed by atoms with Crippen LogP contribution < -0.4 is 10.1 Å². The van der Waals surface area contributed by atoms with E-state index in [2.05, 4.69) is 10.3 Å². The number of fused-ring (bicyclic) bond motifs is 1. The van der Waals surface area contributed by atoms with Crippen molar-refractivity contribution in [3.63, 3.8) is 0 Å². The van der Waals surface area contributed by atoms with Crippen molar-refractivity contribution in [2.45, 2.75) is 6.42 Å². The van der Waals surface area contributed by atoms with Crippen molar-refractivity contribution in [3.8, 4) is 5.75 Å². The second-order valence-electron chi connectivity index (χ2n) is 5.92. The monoisotopic (exact) mass is 400 g/mol. The van der Waals surface area contributed by atoms with E-state index in [4.69, 9.17) is 21.4 Å². The number of carbonyl (C=O) groups is 2. The Morgan fingerprint density at radius 2 is 2.15 bits per heavy atom. The Hall–Kier alpha value is -2.77. The number of hydrogen-bond acceptors (Lipinski definition) is 5. The Kier molecular flexibility index (Phi) is 4.63. The number of carboxylic acids is 1. The van der Waals surface area contributed by atoms with E-state index in [1.807, 2.05) is 18.2 Å². The average molecular weight is 401 g/mol. The SMILES string of the molecule is O=C1NC(=Nc2ccc(C(=O)O)cc2Cl)SC1=Cc1ccc2c(c1)CCO2. The zero-order valence-electron chi connectivity index (χ0n) is 13.9. The van der Waals surface area contributed by atoms with Gasteiger partial charge in [0.15, 0.2) is 5.17 Å². The minimum Gasteiger partial charge on any atom is -0.493 e. The summed E-state index contributed by atoms with van der Waals surface area (Å²) < 4.78 is 5.49. The topological polar surface area (TPSA) is 88.0 Å². The van der Waals surface area contributed by atoms with E-state index in [1.54, 1.807) is 6.08 Å². The minimum absolute atomic E-state index is 0.0771. The molecule has 0 aliphatic carbocycles. The van der Waals surface area contributed by atoms with Crippen molar-refractivity contribution in [3.05, 3.63) is 63.0 Å². The smallest absolute Gasteiger partial charge is 0.335 e. The number of aromatic carboxylic acids is 1. The molecule has 0 unspecified atom stereocenters. The van der Waals surface area contributed by atoms with Crippen LogP contribution in [0, 0.1) is 0 Å². The molecular weight excluding hydrogens is 388 g/mol. The van der Waals surface area contributed by atoms with Crippen LogP contribution in [0.4, 0.5) is 5.69 Å². The number of thioether (sulfide) groups is 1. The molecule has 8 heteroatoms. The molecule has 2 aromatic carbocycles. The van der Waals surface area contributed by atoms with Crippen molar-refractivity contribution in [2.24, 2.45) is 4.99 Å². The highest BCUT2D eigenvalue weighted by atomic mass is 35.5. The zero-order valence-corrected chi connectivity index (χ0v) is 15.4. The summed E-state index contributed by atoms with van der Waals surface area (Å²) in [4.78, 5) is 28.0. The van der Waals surface area contributed by atoms with Gasteiger partial charge in [0.05, 0.1) is 27.8 Å². The Bertz CT molecular complexity index is 1030. The van der Waals surface area contributed by atoms with Crippen molar-refractivity contribution >= 4 is 52.2 Å². The maximum atomic E-state index is 12.2. The standard InChI is InChI=1S/C19H13ClN2O4S/c20-13-9-12(18(24)25)2-3-14(13)21-19-22-17(23)16(27-19)8-10-1-4-15-11(7-10)5-6-26-15/h1-4,7-9H,5-6H2,(H,24,25)(H,21,22,23). The van der Waals surface area contributed by atoms with Crippen LogP contribution in [-0.4, -0.2) is 28.8 Å². The van der Waals surface area contributed by atoms with Gasteiger partial charge < -0.3 is 15.2 Å². The molecular formula is C19H13ClN2O4S. The van der Waals surface area contributed by atoms with Crippen LogP contribution in [0.1, 0.15) is 21.5 Å². The van der Waals surface area contributed by atoms with Crippen LogP contribution in [0.3, 0.4) is 0 Å². The highest BCUT2D eigenvalue weighted by molar-refractivity contribution is 8.18. The van der Waals surface area contributed by atoms with Crippen molar-refractivity contribution in [2.75, 3.05) is 6.61 Å². The lowest BCUT2D eigenvalue weighted by Gasteiger charge is -2.01. The summed E-state index contributed by atoms with van der Waals surface area (Å²) in [6.45, 7) is 0.683. The quantitative estimate of drug-likeness (QED) is 0.764. The third-order valence-electron chi connectivity index (χ3n) is 4.08. The fraction of sp³-hybridized carbons (Fsp3) is 0.105. The van der Waals surface area contributed by atoms with Gasteiger partial charge >= 0.3 is 5.97 Å². The number of carboxylic acid groups (broad SMARTS) is 1. The first-order valence-corrected chi connectivity index (χ1v) is 9.27. The number of rotatable bonds is 3. The molecule has 0 spiro atoms. The average Bonchev–Trinajstić information content (AvgIpc) is 3.23. The molecule has 1 saturated heterocycles. The number of halogens is 1. The summed E-state index contributed by atoms with van der Waals surface area (Å²) >= 11 is 7.29. The predicted molar refractivity (Wildman–Crippen MR) is 105 cm³/mol. The van der Waals surface area contributed by atoms with E-state index in [9.17, 15) is 9.59 Å². The molecule has 0 bridgehead atoms. The number of aliphatic imine (C=N–C) groups is 1. The number of benzene rings is 2. The molecule has 0 aromatic heterocycles. The Morgan fingerprint density at radius 3 is 2.93 bits per heavy atom. The van der Waals surface area contributed by atoms with Crippen molar-refractivity contribution in [1.82, 2.24) is 5.32 Å². The van der Waals surface area contributed by atoms with Crippen molar-refractivity contribution < 1.29 is 19.4 Å². The second kappa shape index (κ2) is 7.09. The lowest BCUT2D eigenvalue weighted by atomic mass is 10.1. The number of amides is 1. The maximum absolute atomic E-state index is 12.2. The fourth-order valence-electron chi connectivity index (χ4n) is 2.77. The molecule has 136 valence electrons. The molecule has 4 rings (SSSR count). The van der Waals surface area contributed by atoms with Crippen LogP contribution in [-0.2, 0) is 11.2 Å². The first-order valence-electron chi connectivity index (χ1n) is 8.08. The lowest BCUT2D eigenvalue weighted by Crippen LogP contribution is -2.19. The highest BCUT2D eigenvalue weighted by Gasteiger charge is 2.24. The van der Waals surface area contributed by atoms with Gasteiger partial charge in [0.2, 0.25) is 0 Å². The zero-order chi connectivity index (χ0) is 19.0. The lowest BCUT2D eigenvalue weighted by molar-refractivity contribution is -0.115. The van der Waals surface area contributed by atoms with Gasteiger partial charge in [0.25, 0.3) is 5.91 Å². The summed E-state index contributed by atoms with van der Waals surface area (Å²) in [7, 11) is 0. The summed E-state index contributed by atoms with van der Waals surface area (Å²) in [6.07, 6.45) is 2.67. The van der Waals surface area contributed by atoms with E-state index in [0.29, 0.717) is 22.4 Å². The second-order valence-corrected chi connectivity index (χ2v) is 7.36. The van der Waals surface area contributed by atoms with E-state index >= 15 is 0 Å². The summed E-state index contributed by atoms with van der Waals surface area (Å²) in [6, 6.07) is 10.1. The maximum Gasteiger partial charge on any atom is 0.335 e.